The van der Waals surface area contributed by atoms with Crippen molar-refractivity contribution in [2.75, 3.05) is 32.8 Å². The van der Waals surface area contributed by atoms with Crippen LogP contribution in [0.3, 0.4) is 0 Å². The van der Waals surface area contributed by atoms with Crippen molar-refractivity contribution in [1.82, 2.24) is 24.6 Å². The lowest BCUT2D eigenvalue weighted by molar-refractivity contribution is 0.0691. The van der Waals surface area contributed by atoms with Crippen LogP contribution in [0.25, 0.3) is 11.4 Å². The van der Waals surface area contributed by atoms with E-state index < -0.39 is 0 Å². The molecule has 0 atom stereocenters. The van der Waals surface area contributed by atoms with Crippen LogP contribution in [0.5, 0.6) is 0 Å². The molecule has 1 aliphatic rings. The van der Waals surface area contributed by atoms with E-state index in [1.54, 1.807) is 4.90 Å². The molecule has 0 radical (unpaired) electrons. The molecule has 1 aliphatic heterocycles. The first-order valence-corrected chi connectivity index (χ1v) is 8.92. The van der Waals surface area contributed by atoms with Crippen molar-refractivity contribution in [2.45, 2.75) is 13.6 Å². The first-order chi connectivity index (χ1) is 12.1. The van der Waals surface area contributed by atoms with Crippen LogP contribution >= 0.6 is 23.8 Å². The standard InChI is InChI=1S/C16H20ClN5O2S/c1-2-24-16(23)21-9-7-20(8-10-21)11-22-15(25)18-14(19-22)12-3-5-13(17)6-4-12/h3-6H,2,7-11H2,1H3,(H,18,19,25). The zero-order valence-corrected chi connectivity index (χ0v) is 15.5. The zero-order chi connectivity index (χ0) is 17.8. The monoisotopic (exact) mass is 381 g/mol. The summed E-state index contributed by atoms with van der Waals surface area (Å²) in [7, 11) is 0. The average Bonchev–Trinajstić information content (AvgIpc) is 2.97. The number of carbonyl (C=O) groups excluding carboxylic acids is 1. The van der Waals surface area contributed by atoms with E-state index in [9.17, 15) is 4.79 Å². The number of hydrogen-bond acceptors (Lipinski definition) is 5. The fraction of sp³-hybridized carbons (Fsp3) is 0.438. The normalized spacial score (nSPS) is 15.4. The van der Waals surface area contributed by atoms with Gasteiger partial charge in [-0.05, 0) is 43.4 Å². The average molecular weight is 382 g/mol. The van der Waals surface area contributed by atoms with Crippen molar-refractivity contribution in [2.24, 2.45) is 0 Å². The van der Waals surface area contributed by atoms with Crippen LogP contribution in [0.4, 0.5) is 4.79 Å². The summed E-state index contributed by atoms with van der Waals surface area (Å²) in [6.45, 7) is 5.62. The predicted octanol–water partition coefficient (Wildman–Crippen LogP) is 2.99. The third kappa shape index (κ3) is 4.39. The number of carbonyl (C=O) groups is 1. The summed E-state index contributed by atoms with van der Waals surface area (Å²) in [4.78, 5) is 20.1. The summed E-state index contributed by atoms with van der Waals surface area (Å²) >= 11 is 11.3. The van der Waals surface area contributed by atoms with Crippen molar-refractivity contribution in [3.8, 4) is 11.4 Å². The lowest BCUT2D eigenvalue weighted by Crippen LogP contribution is -2.49. The molecule has 3 rings (SSSR count). The molecule has 1 amide bonds. The van der Waals surface area contributed by atoms with Crippen LogP contribution in [0.2, 0.25) is 5.02 Å². The fourth-order valence-electron chi connectivity index (χ4n) is 2.68. The molecule has 9 heteroatoms. The summed E-state index contributed by atoms with van der Waals surface area (Å²) in [5, 5.41) is 3.91. The second kappa shape index (κ2) is 7.99. The maximum atomic E-state index is 11.7. The highest BCUT2D eigenvalue weighted by atomic mass is 35.5. The van der Waals surface area contributed by atoms with E-state index in [4.69, 9.17) is 28.6 Å². The molecular formula is C16H20ClN5O2S. The Hall–Kier alpha value is -1.90. The van der Waals surface area contributed by atoms with E-state index in [-0.39, 0.29) is 6.09 Å². The minimum atomic E-state index is -0.245. The number of aromatic amines is 1. The molecule has 2 heterocycles. The minimum Gasteiger partial charge on any atom is -0.450 e. The number of piperazine rings is 1. The number of nitrogens with one attached hydrogen (secondary N) is 1. The second-order valence-electron chi connectivity index (χ2n) is 5.74. The molecule has 25 heavy (non-hydrogen) atoms. The molecule has 2 aromatic rings. The van der Waals surface area contributed by atoms with Crippen molar-refractivity contribution < 1.29 is 9.53 Å². The lowest BCUT2D eigenvalue weighted by Gasteiger charge is -2.33. The van der Waals surface area contributed by atoms with E-state index >= 15 is 0 Å². The van der Waals surface area contributed by atoms with Crippen molar-refractivity contribution in [1.29, 1.82) is 0 Å². The van der Waals surface area contributed by atoms with Crippen LogP contribution in [-0.4, -0.2) is 63.4 Å². The van der Waals surface area contributed by atoms with Gasteiger partial charge in [-0.1, -0.05) is 11.6 Å². The summed E-state index contributed by atoms with van der Waals surface area (Å²) < 4.78 is 7.37. The highest BCUT2D eigenvalue weighted by Gasteiger charge is 2.22. The summed E-state index contributed by atoms with van der Waals surface area (Å²) in [6.07, 6.45) is -0.245. The number of hydrogen-bond donors (Lipinski definition) is 1. The SMILES string of the molecule is CCOC(=O)N1CCN(Cn2[nH]c(-c3ccc(Cl)cc3)nc2=S)CC1. The first-order valence-electron chi connectivity index (χ1n) is 8.13. The number of H-pyrrole nitrogens is 1. The van der Waals surface area contributed by atoms with E-state index in [1.807, 2.05) is 35.9 Å². The van der Waals surface area contributed by atoms with Crippen molar-refractivity contribution >= 4 is 29.9 Å². The maximum absolute atomic E-state index is 11.7. The van der Waals surface area contributed by atoms with E-state index in [0.717, 1.165) is 18.7 Å². The molecule has 1 saturated heterocycles. The number of rotatable bonds is 4. The van der Waals surface area contributed by atoms with Gasteiger partial charge >= 0.3 is 6.09 Å². The van der Waals surface area contributed by atoms with Gasteiger partial charge in [0.25, 0.3) is 0 Å². The Morgan fingerprint density at radius 2 is 1.96 bits per heavy atom. The molecule has 134 valence electrons. The number of aromatic nitrogens is 3. The van der Waals surface area contributed by atoms with Crippen LogP contribution in [0.15, 0.2) is 24.3 Å². The highest BCUT2D eigenvalue weighted by Crippen LogP contribution is 2.18. The van der Waals surface area contributed by atoms with Gasteiger partial charge in [0, 0.05) is 36.8 Å². The smallest absolute Gasteiger partial charge is 0.409 e. The number of halogens is 1. The molecule has 1 N–H and O–H groups in total. The van der Waals surface area contributed by atoms with Gasteiger partial charge in [-0.25, -0.2) is 9.48 Å². The Morgan fingerprint density at radius 3 is 2.60 bits per heavy atom. The van der Waals surface area contributed by atoms with Gasteiger partial charge in [0.1, 0.15) is 0 Å². The van der Waals surface area contributed by atoms with Gasteiger partial charge in [-0.2, -0.15) is 4.98 Å². The van der Waals surface area contributed by atoms with Gasteiger partial charge in [-0.3, -0.25) is 10.00 Å². The van der Waals surface area contributed by atoms with Gasteiger partial charge < -0.3 is 9.64 Å². The molecule has 0 unspecified atom stereocenters. The third-order valence-corrected chi connectivity index (χ3v) is 4.60. The van der Waals surface area contributed by atoms with Gasteiger partial charge in [-0.15, -0.1) is 0 Å². The van der Waals surface area contributed by atoms with Crippen LogP contribution in [-0.2, 0) is 11.4 Å². The zero-order valence-electron chi connectivity index (χ0n) is 13.9. The van der Waals surface area contributed by atoms with Crippen LogP contribution in [0.1, 0.15) is 6.92 Å². The summed E-state index contributed by atoms with van der Waals surface area (Å²) in [6, 6.07) is 7.44. The lowest BCUT2D eigenvalue weighted by atomic mass is 10.2. The minimum absolute atomic E-state index is 0.245. The molecule has 0 aliphatic carbocycles. The van der Waals surface area contributed by atoms with E-state index in [0.29, 0.717) is 42.0 Å². The van der Waals surface area contributed by atoms with Crippen molar-refractivity contribution in [3.05, 3.63) is 34.1 Å². The Bertz CT molecular complexity index is 781. The number of benzene rings is 1. The fourth-order valence-corrected chi connectivity index (χ4v) is 3.00. The van der Waals surface area contributed by atoms with E-state index in [2.05, 4.69) is 15.0 Å². The Morgan fingerprint density at radius 1 is 1.28 bits per heavy atom. The highest BCUT2D eigenvalue weighted by molar-refractivity contribution is 7.71. The predicted molar refractivity (Wildman–Crippen MR) is 98.0 cm³/mol. The van der Waals surface area contributed by atoms with Gasteiger partial charge in [0.15, 0.2) is 5.82 Å². The quantitative estimate of drug-likeness (QED) is 0.825. The Labute approximate surface area is 156 Å². The third-order valence-electron chi connectivity index (χ3n) is 4.04. The van der Waals surface area contributed by atoms with Gasteiger partial charge in [0.05, 0.1) is 13.3 Å². The second-order valence-corrected chi connectivity index (χ2v) is 6.54. The van der Waals surface area contributed by atoms with Gasteiger partial charge in [0.2, 0.25) is 4.77 Å². The molecule has 1 aromatic heterocycles. The molecule has 0 bridgehead atoms. The Balaban J connectivity index is 1.62. The number of nitrogens with zero attached hydrogens (tertiary/aromatic N) is 4. The number of ether oxygens (including phenoxy) is 1. The first kappa shape index (κ1) is 17.9. The summed E-state index contributed by atoms with van der Waals surface area (Å²) in [5.74, 6) is 0.715. The maximum Gasteiger partial charge on any atom is 0.409 e. The molecule has 0 saturated carbocycles. The molecule has 0 spiro atoms. The van der Waals surface area contributed by atoms with Crippen LogP contribution < -0.4 is 0 Å². The topological polar surface area (TPSA) is 66.4 Å². The molecule has 1 fully saturated rings. The van der Waals surface area contributed by atoms with Crippen LogP contribution in [0, 0.1) is 4.77 Å². The largest absolute Gasteiger partial charge is 0.450 e. The Kier molecular flexibility index (Phi) is 5.72. The van der Waals surface area contributed by atoms with Crippen molar-refractivity contribution in [3.63, 3.8) is 0 Å². The van der Waals surface area contributed by atoms with E-state index in [1.165, 1.54) is 0 Å². The number of amides is 1. The summed E-state index contributed by atoms with van der Waals surface area (Å²) in [5.41, 5.74) is 0.932. The molecule has 7 nitrogen and oxygen atoms in total. The molecular weight excluding hydrogens is 362 g/mol. The molecule has 1 aromatic carbocycles.